The zero-order chi connectivity index (χ0) is 16.7. The number of carbonyl (C=O) groups excluding carboxylic acids is 1. The number of hydrogen-bond donors (Lipinski definition) is 0. The highest BCUT2D eigenvalue weighted by Crippen LogP contribution is 2.35. The Kier molecular flexibility index (Phi) is 3.41. The third-order valence-electron chi connectivity index (χ3n) is 4.18. The zero-order valence-corrected chi connectivity index (χ0v) is 13.4. The predicted molar refractivity (Wildman–Crippen MR) is 87.6 cm³/mol. The highest BCUT2D eigenvalue weighted by molar-refractivity contribution is 5.87. The number of carbonyl (C=O) groups is 1. The maximum absolute atomic E-state index is 12.2. The normalized spacial score (nSPS) is 12.6. The Morgan fingerprint density at radius 2 is 1.88 bits per heavy atom. The molecule has 0 amide bonds. The van der Waals surface area contributed by atoms with Crippen molar-refractivity contribution in [3.8, 4) is 17.2 Å². The summed E-state index contributed by atoms with van der Waals surface area (Å²) in [6, 6.07) is 9.09. The van der Waals surface area contributed by atoms with Crippen molar-refractivity contribution in [1.29, 1.82) is 0 Å². The first-order chi connectivity index (χ1) is 11.6. The summed E-state index contributed by atoms with van der Waals surface area (Å²) in [6.07, 6.45) is 1.76. The molecule has 2 aromatic carbocycles. The van der Waals surface area contributed by atoms with Gasteiger partial charge in [-0.25, -0.2) is 0 Å². The van der Waals surface area contributed by atoms with E-state index in [0.29, 0.717) is 17.2 Å². The maximum atomic E-state index is 12.2. The van der Waals surface area contributed by atoms with Gasteiger partial charge in [0.05, 0.1) is 12.7 Å². The number of rotatable bonds is 3. The Balaban J connectivity index is 1.53. The van der Waals surface area contributed by atoms with Crippen LogP contribution in [0.1, 0.15) is 16.7 Å². The van der Waals surface area contributed by atoms with Gasteiger partial charge in [0.25, 0.3) is 0 Å². The molecule has 0 fully saturated rings. The smallest absolute Gasteiger partial charge is 0.315 e. The van der Waals surface area contributed by atoms with Crippen LogP contribution >= 0.6 is 0 Å². The average molecular weight is 324 g/mol. The summed E-state index contributed by atoms with van der Waals surface area (Å²) in [4.78, 5) is 12.2. The van der Waals surface area contributed by atoms with Crippen molar-refractivity contribution in [2.45, 2.75) is 20.3 Å². The number of esters is 1. The van der Waals surface area contributed by atoms with Crippen molar-refractivity contribution in [2.24, 2.45) is 0 Å². The third-order valence-corrected chi connectivity index (χ3v) is 4.18. The van der Waals surface area contributed by atoms with E-state index >= 15 is 0 Å². The topological polar surface area (TPSA) is 57.9 Å². The Labute approximate surface area is 138 Å². The van der Waals surface area contributed by atoms with E-state index in [2.05, 4.69) is 0 Å². The number of ether oxygens (including phenoxy) is 3. The molecule has 3 aromatic rings. The molecule has 5 nitrogen and oxygen atoms in total. The van der Waals surface area contributed by atoms with Crippen LogP contribution in [0, 0.1) is 13.8 Å². The fraction of sp³-hybridized carbons (Fsp3) is 0.211. The number of benzene rings is 2. The van der Waals surface area contributed by atoms with E-state index in [9.17, 15) is 4.79 Å². The van der Waals surface area contributed by atoms with Crippen LogP contribution in [0.4, 0.5) is 0 Å². The second-order valence-electron chi connectivity index (χ2n) is 5.86. The fourth-order valence-corrected chi connectivity index (χ4v) is 2.74. The standard InChI is InChI=1S/C19H16O5/c1-11-5-15-13(9-21-17(15)6-12(11)2)7-19(20)24-14-3-4-16-18(8-14)23-10-22-16/h3-6,8-9H,7,10H2,1-2H3. The van der Waals surface area contributed by atoms with E-state index in [-0.39, 0.29) is 19.2 Å². The first kappa shape index (κ1) is 14.6. The summed E-state index contributed by atoms with van der Waals surface area (Å²) in [5.41, 5.74) is 3.92. The van der Waals surface area contributed by atoms with Crippen molar-refractivity contribution in [3.63, 3.8) is 0 Å². The van der Waals surface area contributed by atoms with Gasteiger partial charge in [-0.05, 0) is 49.2 Å². The molecule has 0 saturated carbocycles. The van der Waals surface area contributed by atoms with E-state index in [1.807, 2.05) is 26.0 Å². The van der Waals surface area contributed by atoms with Crippen molar-refractivity contribution < 1.29 is 23.4 Å². The Bertz CT molecular complexity index is 938. The van der Waals surface area contributed by atoms with E-state index in [4.69, 9.17) is 18.6 Å². The van der Waals surface area contributed by atoms with Crippen molar-refractivity contribution in [1.82, 2.24) is 0 Å². The molecule has 2 heterocycles. The van der Waals surface area contributed by atoms with Crippen molar-refractivity contribution in [2.75, 3.05) is 6.79 Å². The lowest BCUT2D eigenvalue weighted by molar-refractivity contribution is -0.133. The lowest BCUT2D eigenvalue weighted by atomic mass is 10.0. The average Bonchev–Trinajstić information content (AvgIpc) is 3.15. The second kappa shape index (κ2) is 5.60. The van der Waals surface area contributed by atoms with Crippen LogP contribution in [0.2, 0.25) is 0 Å². The van der Waals surface area contributed by atoms with Gasteiger partial charge in [0.1, 0.15) is 11.3 Å². The summed E-state index contributed by atoms with van der Waals surface area (Å²) < 4.78 is 21.5. The molecular formula is C19H16O5. The van der Waals surface area contributed by atoms with Crippen LogP contribution in [0.3, 0.4) is 0 Å². The summed E-state index contributed by atoms with van der Waals surface area (Å²) >= 11 is 0. The lowest BCUT2D eigenvalue weighted by Gasteiger charge is -2.05. The van der Waals surface area contributed by atoms with E-state index in [1.54, 1.807) is 24.5 Å². The maximum Gasteiger partial charge on any atom is 0.315 e. The van der Waals surface area contributed by atoms with Crippen LogP contribution < -0.4 is 14.2 Å². The highest BCUT2D eigenvalue weighted by atomic mass is 16.7. The van der Waals surface area contributed by atoms with Crippen LogP contribution in [-0.4, -0.2) is 12.8 Å². The van der Waals surface area contributed by atoms with Gasteiger partial charge in [-0.3, -0.25) is 4.79 Å². The van der Waals surface area contributed by atoms with Gasteiger partial charge >= 0.3 is 5.97 Å². The Morgan fingerprint density at radius 3 is 2.75 bits per heavy atom. The molecule has 0 atom stereocenters. The molecule has 0 bridgehead atoms. The fourth-order valence-electron chi connectivity index (χ4n) is 2.74. The van der Waals surface area contributed by atoms with E-state index in [0.717, 1.165) is 27.7 Å². The number of fused-ring (bicyclic) bond motifs is 2. The molecule has 122 valence electrons. The highest BCUT2D eigenvalue weighted by Gasteiger charge is 2.17. The third kappa shape index (κ3) is 2.58. The molecule has 0 spiro atoms. The molecule has 1 aromatic heterocycles. The van der Waals surface area contributed by atoms with Crippen LogP contribution in [0.15, 0.2) is 41.0 Å². The summed E-state index contributed by atoms with van der Waals surface area (Å²) in [5.74, 6) is 1.32. The predicted octanol–water partition coefficient (Wildman–Crippen LogP) is 3.93. The van der Waals surface area contributed by atoms with Gasteiger partial charge in [-0.2, -0.15) is 0 Å². The molecule has 24 heavy (non-hydrogen) atoms. The monoisotopic (exact) mass is 324 g/mol. The minimum atomic E-state index is -0.352. The van der Waals surface area contributed by atoms with Crippen LogP contribution in [0.25, 0.3) is 11.0 Å². The van der Waals surface area contributed by atoms with Crippen LogP contribution in [0.5, 0.6) is 17.2 Å². The molecule has 0 N–H and O–H groups in total. The molecule has 0 radical (unpaired) electrons. The lowest BCUT2D eigenvalue weighted by Crippen LogP contribution is -2.10. The number of aryl methyl sites for hydroxylation is 2. The van der Waals surface area contributed by atoms with Crippen molar-refractivity contribution >= 4 is 16.9 Å². The summed E-state index contributed by atoms with van der Waals surface area (Å²) in [5, 5.41) is 0.945. The number of furan rings is 1. The first-order valence-electron chi connectivity index (χ1n) is 7.68. The second-order valence-corrected chi connectivity index (χ2v) is 5.86. The van der Waals surface area contributed by atoms with Gasteiger partial charge < -0.3 is 18.6 Å². The van der Waals surface area contributed by atoms with Gasteiger partial charge in [-0.1, -0.05) is 0 Å². The van der Waals surface area contributed by atoms with E-state index < -0.39 is 0 Å². The van der Waals surface area contributed by atoms with Crippen molar-refractivity contribution in [3.05, 3.63) is 53.3 Å². The zero-order valence-electron chi connectivity index (χ0n) is 13.4. The minimum Gasteiger partial charge on any atom is -0.464 e. The number of hydrogen-bond acceptors (Lipinski definition) is 5. The molecule has 4 rings (SSSR count). The molecule has 0 saturated heterocycles. The molecule has 5 heteroatoms. The van der Waals surface area contributed by atoms with Crippen LogP contribution in [-0.2, 0) is 11.2 Å². The first-order valence-corrected chi connectivity index (χ1v) is 7.68. The molecule has 0 unspecified atom stereocenters. The molecule has 1 aliphatic heterocycles. The largest absolute Gasteiger partial charge is 0.464 e. The minimum absolute atomic E-state index is 0.143. The van der Waals surface area contributed by atoms with E-state index in [1.165, 1.54) is 0 Å². The Hall–Kier alpha value is -2.95. The summed E-state index contributed by atoms with van der Waals surface area (Å²) in [7, 11) is 0. The molecule has 1 aliphatic rings. The SMILES string of the molecule is Cc1cc2occ(CC(=O)Oc3ccc4c(c3)OCO4)c2cc1C. The van der Waals surface area contributed by atoms with Gasteiger partial charge in [0.15, 0.2) is 11.5 Å². The van der Waals surface area contributed by atoms with Gasteiger partial charge in [-0.15, -0.1) is 0 Å². The Morgan fingerprint density at radius 1 is 1.08 bits per heavy atom. The molecule has 0 aliphatic carbocycles. The quantitative estimate of drug-likeness (QED) is 0.540. The van der Waals surface area contributed by atoms with Gasteiger partial charge in [0, 0.05) is 17.0 Å². The molecular weight excluding hydrogens is 308 g/mol. The summed E-state index contributed by atoms with van der Waals surface area (Å²) in [6.45, 7) is 4.26. The van der Waals surface area contributed by atoms with Gasteiger partial charge in [0.2, 0.25) is 6.79 Å².